The van der Waals surface area contributed by atoms with Crippen molar-refractivity contribution >= 4 is 39.7 Å². The summed E-state index contributed by atoms with van der Waals surface area (Å²) in [6, 6.07) is 12.6. The predicted octanol–water partition coefficient (Wildman–Crippen LogP) is 6.75. The zero-order valence-electron chi connectivity index (χ0n) is 18.0. The highest BCUT2D eigenvalue weighted by Crippen LogP contribution is 2.63. The largest absolute Gasteiger partial charge is 0.478 e. The van der Waals surface area contributed by atoms with Gasteiger partial charge in [0.2, 0.25) is 0 Å². The molecule has 2 aromatic rings. The number of ether oxygens (including phenoxy) is 1. The molecule has 0 aromatic heterocycles. The number of carbonyl (C=O) groups is 1. The summed E-state index contributed by atoms with van der Waals surface area (Å²) in [6.07, 6.45) is 5.88. The first-order chi connectivity index (χ1) is 15.3. The number of rotatable bonds is 8. The fraction of sp³-hybridized carbons (Fsp3) is 0.348. The van der Waals surface area contributed by atoms with E-state index in [4.69, 9.17) is 9.84 Å². The van der Waals surface area contributed by atoms with Crippen LogP contribution in [0.5, 0.6) is 5.75 Å². The van der Waals surface area contributed by atoms with Crippen molar-refractivity contribution in [2.75, 3.05) is 17.7 Å². The van der Waals surface area contributed by atoms with Crippen LogP contribution >= 0.6 is 22.4 Å². The van der Waals surface area contributed by atoms with E-state index in [9.17, 15) is 13.9 Å². The first-order valence-electron chi connectivity index (χ1n) is 10.3. The molecule has 0 saturated carbocycles. The van der Waals surface area contributed by atoms with E-state index >= 15 is 4.39 Å². The first-order valence-corrected chi connectivity index (χ1v) is 13.1. The molecular formula is C23H28FNO5S2. The van der Waals surface area contributed by atoms with Crippen molar-refractivity contribution in [2.24, 2.45) is 5.92 Å². The smallest absolute Gasteiger partial charge is 0.331 e. The van der Waals surface area contributed by atoms with Crippen LogP contribution in [0.2, 0.25) is 0 Å². The topological polar surface area (TPSA) is 90.2 Å². The van der Waals surface area contributed by atoms with Gasteiger partial charge in [-0.05, 0) is 30.9 Å². The Bertz CT molecular complexity index is 970. The van der Waals surface area contributed by atoms with E-state index in [1.165, 1.54) is 17.8 Å². The van der Waals surface area contributed by atoms with Crippen LogP contribution in [0, 0.1) is 5.92 Å². The number of nitrogens with zero attached hydrogens (tertiary/aromatic N) is 1. The third-order valence-electron chi connectivity index (χ3n) is 5.36. The number of fused-ring (bicyclic) bond motifs is 1. The van der Waals surface area contributed by atoms with E-state index in [1.54, 1.807) is 6.07 Å². The van der Waals surface area contributed by atoms with Gasteiger partial charge in [-0.15, -0.1) is 22.4 Å². The molecule has 1 aliphatic heterocycles. The molecule has 1 heterocycles. The van der Waals surface area contributed by atoms with Crippen molar-refractivity contribution in [3.8, 4) is 5.75 Å². The Morgan fingerprint density at radius 3 is 2.66 bits per heavy atom. The van der Waals surface area contributed by atoms with Crippen molar-refractivity contribution in [3.05, 3.63) is 54.8 Å². The maximum atomic E-state index is 15.6. The van der Waals surface area contributed by atoms with Gasteiger partial charge in [-0.25, -0.2) is 9.18 Å². The van der Waals surface area contributed by atoms with E-state index in [0.29, 0.717) is 23.5 Å². The highest BCUT2D eigenvalue weighted by Gasteiger charge is 2.42. The Labute approximate surface area is 193 Å². The fourth-order valence-electron chi connectivity index (χ4n) is 3.75. The summed E-state index contributed by atoms with van der Waals surface area (Å²) in [4.78, 5) is 13.4. The molecule has 0 saturated heterocycles. The third-order valence-corrected chi connectivity index (χ3v) is 8.11. The summed E-state index contributed by atoms with van der Waals surface area (Å²) in [7, 11) is -3.80. The molecule has 1 aliphatic rings. The molecule has 3 rings (SSSR count). The monoisotopic (exact) mass is 481 g/mol. The lowest BCUT2D eigenvalue weighted by Gasteiger charge is -2.37. The molecule has 0 aliphatic carbocycles. The quantitative estimate of drug-likeness (QED) is 0.218. The maximum Gasteiger partial charge on any atom is 0.331 e. The summed E-state index contributed by atoms with van der Waals surface area (Å²) < 4.78 is 43.2. The summed E-state index contributed by atoms with van der Waals surface area (Å²) in [6.45, 7) is 2.33. The van der Waals surface area contributed by atoms with E-state index in [2.05, 4.69) is 0 Å². The lowest BCUT2D eigenvalue weighted by molar-refractivity contribution is -0.131. The summed E-state index contributed by atoms with van der Waals surface area (Å²) in [5.74, 6) is -1.50. The van der Waals surface area contributed by atoms with Crippen LogP contribution in [0.3, 0.4) is 0 Å². The van der Waals surface area contributed by atoms with Crippen LogP contribution < -0.4 is 9.64 Å². The zero-order chi connectivity index (χ0) is 23.3. The minimum atomic E-state index is -3.80. The van der Waals surface area contributed by atoms with Crippen LogP contribution in [-0.4, -0.2) is 38.5 Å². The van der Waals surface area contributed by atoms with Gasteiger partial charge in [0.05, 0.1) is 27.8 Å². The van der Waals surface area contributed by atoms with Gasteiger partial charge in [0.15, 0.2) is 5.50 Å². The van der Waals surface area contributed by atoms with Crippen LogP contribution in [-0.2, 0) is 4.79 Å². The van der Waals surface area contributed by atoms with Crippen molar-refractivity contribution < 1.29 is 28.1 Å². The highest BCUT2D eigenvalue weighted by atomic mass is 32.3. The maximum absolute atomic E-state index is 15.6. The first kappa shape index (κ1) is 24.4. The van der Waals surface area contributed by atoms with Crippen LogP contribution in [0.4, 0.5) is 15.8 Å². The SMILES string of the molecule is CCCCC1CN(c2ccccc2)c2cc(SC)c(O/C=C/C(=O)O)cc2S(O)(O)C1F. The van der Waals surface area contributed by atoms with Gasteiger partial charge in [-0.2, -0.15) is 0 Å². The van der Waals surface area contributed by atoms with E-state index in [0.717, 1.165) is 30.9 Å². The Hall–Kier alpha value is -2.20. The number of alkyl halides is 1. The molecule has 2 atom stereocenters. The van der Waals surface area contributed by atoms with Crippen LogP contribution in [0.1, 0.15) is 26.2 Å². The molecule has 32 heavy (non-hydrogen) atoms. The van der Waals surface area contributed by atoms with Gasteiger partial charge in [0.1, 0.15) is 5.75 Å². The lowest BCUT2D eigenvalue weighted by Crippen LogP contribution is -2.30. The van der Waals surface area contributed by atoms with Crippen molar-refractivity contribution in [2.45, 2.75) is 41.5 Å². The average molecular weight is 482 g/mol. The van der Waals surface area contributed by atoms with E-state index in [1.807, 2.05) is 48.4 Å². The molecule has 3 N–H and O–H groups in total. The van der Waals surface area contributed by atoms with E-state index in [-0.39, 0.29) is 10.6 Å². The second kappa shape index (κ2) is 10.6. The standard InChI is InChI=1S/C23H28FNO5S2/c1-3-4-8-16-15-25(17-9-6-5-7-10-17)18-13-20(31-2)19(30-12-11-22(26)27)14-21(18)32(28,29)23(16)24/h5-7,9-14,16,23,28-29H,3-4,8,15H2,1-2H3,(H,26,27)/b12-11+. The number of carboxylic acid groups (broad SMARTS) is 1. The Balaban J connectivity index is 2.17. The average Bonchev–Trinajstić information content (AvgIpc) is 2.86. The number of anilines is 2. The third kappa shape index (κ3) is 5.23. The molecule has 0 amide bonds. The highest BCUT2D eigenvalue weighted by molar-refractivity contribution is 8.24. The number of benzene rings is 2. The van der Waals surface area contributed by atoms with Gasteiger partial charge < -0.3 is 14.7 Å². The molecular weight excluding hydrogens is 453 g/mol. The van der Waals surface area contributed by atoms with Gasteiger partial charge in [-0.1, -0.05) is 38.0 Å². The number of aliphatic carboxylic acids is 1. The molecule has 0 bridgehead atoms. The summed E-state index contributed by atoms with van der Waals surface area (Å²) in [5, 5.41) is 8.82. The van der Waals surface area contributed by atoms with Gasteiger partial charge in [0.25, 0.3) is 0 Å². The normalized spacial score (nSPS) is 21.1. The second-order valence-corrected chi connectivity index (χ2v) is 10.4. The molecule has 174 valence electrons. The zero-order valence-corrected chi connectivity index (χ0v) is 19.6. The number of hydrogen-bond acceptors (Lipinski definition) is 6. The minimum Gasteiger partial charge on any atom is -0.478 e. The predicted molar refractivity (Wildman–Crippen MR) is 128 cm³/mol. The van der Waals surface area contributed by atoms with Crippen molar-refractivity contribution in [1.29, 1.82) is 0 Å². The number of unbranched alkanes of at least 4 members (excludes halogenated alkanes) is 1. The molecule has 2 unspecified atom stereocenters. The number of hydrogen-bond donors (Lipinski definition) is 3. The molecule has 0 fully saturated rings. The Kier molecular flexibility index (Phi) is 8.10. The number of carboxylic acids is 1. The molecule has 2 aromatic carbocycles. The number of para-hydroxylation sites is 1. The molecule has 0 spiro atoms. The van der Waals surface area contributed by atoms with Crippen LogP contribution in [0.25, 0.3) is 0 Å². The fourth-order valence-corrected chi connectivity index (χ4v) is 6.04. The molecule has 0 radical (unpaired) electrons. The van der Waals surface area contributed by atoms with Crippen molar-refractivity contribution in [3.63, 3.8) is 0 Å². The lowest BCUT2D eigenvalue weighted by atomic mass is 10.0. The van der Waals surface area contributed by atoms with Crippen LogP contribution in [0.15, 0.2) is 64.6 Å². The summed E-state index contributed by atoms with van der Waals surface area (Å²) in [5.41, 5.74) is -0.494. The van der Waals surface area contributed by atoms with Gasteiger partial charge in [-0.3, -0.25) is 9.11 Å². The van der Waals surface area contributed by atoms with Crippen molar-refractivity contribution in [1.82, 2.24) is 0 Å². The number of halogens is 1. The Morgan fingerprint density at radius 2 is 2.03 bits per heavy atom. The van der Waals surface area contributed by atoms with Gasteiger partial charge >= 0.3 is 5.97 Å². The summed E-state index contributed by atoms with van der Waals surface area (Å²) >= 11 is 1.37. The molecule has 6 nitrogen and oxygen atoms in total. The number of thioether (sulfide) groups is 1. The molecule has 9 heteroatoms. The van der Waals surface area contributed by atoms with Gasteiger partial charge in [0, 0.05) is 24.2 Å². The van der Waals surface area contributed by atoms with E-state index < -0.39 is 28.0 Å². The minimum absolute atomic E-state index is 0.0596. The Morgan fingerprint density at radius 1 is 1.31 bits per heavy atom. The second-order valence-electron chi connectivity index (χ2n) is 7.52.